The molecule has 0 unspecified atom stereocenters. The highest BCUT2D eigenvalue weighted by Gasteiger charge is 2.14. The minimum atomic E-state index is 0. The van der Waals surface area contributed by atoms with E-state index in [-0.39, 0.29) is 18.4 Å². The summed E-state index contributed by atoms with van der Waals surface area (Å²) in [6.45, 7) is 3.97. The molecular weight excluding hydrogens is 366 g/mol. The molecule has 7 nitrogen and oxygen atoms in total. The molecule has 2 aromatic carbocycles. The van der Waals surface area contributed by atoms with Gasteiger partial charge in [0, 0.05) is 6.54 Å². The molecule has 0 saturated heterocycles. The van der Waals surface area contributed by atoms with Gasteiger partial charge >= 0.3 is 6.01 Å². The summed E-state index contributed by atoms with van der Waals surface area (Å²) in [6.07, 6.45) is 2.35. The standard InChI is InChI=1S/C19H23N5O2.ClH/c1-3-4-12-20-14-15-10-11-17(18(13-15)25-2)26-19-21-22-23-24(19)16-8-6-5-7-9-16;/h5-11,13,20H,3-4,12,14H2,1-2H3;1H/p-1. The van der Waals surface area contributed by atoms with Gasteiger partial charge in [-0.05, 0) is 53.2 Å². The van der Waals surface area contributed by atoms with Crippen molar-refractivity contribution in [2.45, 2.75) is 26.3 Å². The van der Waals surface area contributed by atoms with E-state index in [9.17, 15) is 0 Å². The van der Waals surface area contributed by atoms with E-state index >= 15 is 0 Å². The molecule has 1 heterocycles. The maximum absolute atomic E-state index is 5.91. The largest absolute Gasteiger partial charge is 1.00 e. The average molecular weight is 389 g/mol. The van der Waals surface area contributed by atoms with E-state index in [1.54, 1.807) is 11.8 Å². The first-order chi connectivity index (χ1) is 12.8. The van der Waals surface area contributed by atoms with Crippen molar-refractivity contribution >= 4 is 0 Å². The molecule has 8 heteroatoms. The molecule has 144 valence electrons. The summed E-state index contributed by atoms with van der Waals surface area (Å²) >= 11 is 0. The maximum Gasteiger partial charge on any atom is 0.346 e. The van der Waals surface area contributed by atoms with Gasteiger partial charge < -0.3 is 27.2 Å². The van der Waals surface area contributed by atoms with Crippen molar-refractivity contribution in [3.63, 3.8) is 0 Å². The van der Waals surface area contributed by atoms with E-state index in [1.165, 1.54) is 12.8 Å². The predicted octanol–water partition coefficient (Wildman–Crippen LogP) is 0.357. The first-order valence-electron chi connectivity index (χ1n) is 8.71. The molecular formula is C19H23ClN5O2-. The van der Waals surface area contributed by atoms with E-state index in [1.807, 2.05) is 48.5 Å². The number of halogens is 1. The molecule has 1 N–H and O–H groups in total. The van der Waals surface area contributed by atoms with Crippen LogP contribution in [-0.2, 0) is 6.54 Å². The lowest BCUT2D eigenvalue weighted by Gasteiger charge is -2.12. The van der Waals surface area contributed by atoms with Crippen molar-refractivity contribution in [3.8, 4) is 23.2 Å². The van der Waals surface area contributed by atoms with Gasteiger partial charge in [-0.1, -0.05) is 42.7 Å². The molecule has 0 saturated carbocycles. The Labute approximate surface area is 165 Å². The molecule has 3 aromatic rings. The van der Waals surface area contributed by atoms with Crippen molar-refractivity contribution < 1.29 is 21.9 Å². The monoisotopic (exact) mass is 388 g/mol. The number of nitrogens with one attached hydrogen (secondary N) is 1. The number of methoxy groups -OCH3 is 1. The van der Waals surface area contributed by atoms with Crippen LogP contribution in [0.5, 0.6) is 17.5 Å². The van der Waals surface area contributed by atoms with E-state index in [0.29, 0.717) is 11.5 Å². The van der Waals surface area contributed by atoms with E-state index in [2.05, 4.69) is 27.8 Å². The van der Waals surface area contributed by atoms with Gasteiger partial charge in [0.05, 0.1) is 12.8 Å². The summed E-state index contributed by atoms with van der Waals surface area (Å²) in [5.74, 6) is 1.21. The Morgan fingerprint density at radius 1 is 1.07 bits per heavy atom. The smallest absolute Gasteiger partial charge is 0.346 e. The van der Waals surface area contributed by atoms with Gasteiger partial charge in [0.15, 0.2) is 11.5 Å². The highest BCUT2D eigenvalue weighted by atomic mass is 35.5. The normalized spacial score (nSPS) is 10.3. The number of benzene rings is 2. The number of para-hydroxylation sites is 1. The van der Waals surface area contributed by atoms with Crippen molar-refractivity contribution in [2.75, 3.05) is 13.7 Å². The van der Waals surface area contributed by atoms with E-state index in [0.717, 1.165) is 24.3 Å². The SMILES string of the molecule is CCCCNCc1ccc(Oc2nnnn2-c2ccccc2)c(OC)c1.[Cl-]. The first-order valence-corrected chi connectivity index (χ1v) is 8.71. The van der Waals surface area contributed by atoms with Gasteiger partial charge in [-0.25, -0.2) is 0 Å². The Bertz CT molecular complexity index is 826. The lowest BCUT2D eigenvalue weighted by molar-refractivity contribution is -0.00000635. The minimum absolute atomic E-state index is 0. The molecule has 0 aliphatic carbocycles. The van der Waals surface area contributed by atoms with Crippen LogP contribution in [0.1, 0.15) is 25.3 Å². The Balaban J connectivity index is 0.00000261. The number of unbranched alkanes of at least 4 members (excludes halogenated alkanes) is 1. The molecule has 0 atom stereocenters. The third-order valence-electron chi connectivity index (χ3n) is 3.91. The van der Waals surface area contributed by atoms with Crippen molar-refractivity contribution in [2.24, 2.45) is 0 Å². The predicted molar refractivity (Wildman–Crippen MR) is 98.8 cm³/mol. The fourth-order valence-electron chi connectivity index (χ4n) is 2.51. The number of rotatable bonds is 9. The third kappa shape index (κ3) is 5.42. The number of ether oxygens (including phenoxy) is 2. The van der Waals surface area contributed by atoms with Crippen LogP contribution in [0.3, 0.4) is 0 Å². The van der Waals surface area contributed by atoms with Crippen molar-refractivity contribution in [1.82, 2.24) is 25.5 Å². The summed E-state index contributed by atoms with van der Waals surface area (Å²) in [5.41, 5.74) is 1.95. The molecule has 0 radical (unpaired) electrons. The van der Waals surface area contributed by atoms with Crippen LogP contribution in [-0.4, -0.2) is 33.9 Å². The second kappa shape index (κ2) is 10.5. The van der Waals surface area contributed by atoms with Crippen LogP contribution >= 0.6 is 0 Å². The summed E-state index contributed by atoms with van der Waals surface area (Å²) in [7, 11) is 1.62. The van der Waals surface area contributed by atoms with Gasteiger partial charge in [-0.2, -0.15) is 4.68 Å². The van der Waals surface area contributed by atoms with Crippen LogP contribution in [0.4, 0.5) is 0 Å². The van der Waals surface area contributed by atoms with Gasteiger partial charge in [-0.3, -0.25) is 0 Å². The number of tetrazole rings is 1. The number of aromatic nitrogens is 4. The molecule has 0 spiro atoms. The van der Waals surface area contributed by atoms with Crippen LogP contribution in [0.15, 0.2) is 48.5 Å². The summed E-state index contributed by atoms with van der Waals surface area (Å²) in [4.78, 5) is 0. The highest BCUT2D eigenvalue weighted by Crippen LogP contribution is 2.32. The zero-order valence-electron chi connectivity index (χ0n) is 15.4. The van der Waals surface area contributed by atoms with Crippen LogP contribution in [0.2, 0.25) is 0 Å². The number of hydrogen-bond acceptors (Lipinski definition) is 6. The molecule has 0 bridgehead atoms. The fraction of sp³-hybridized carbons (Fsp3) is 0.316. The molecule has 27 heavy (non-hydrogen) atoms. The maximum atomic E-state index is 5.91. The van der Waals surface area contributed by atoms with Gasteiger partial charge in [0.25, 0.3) is 0 Å². The zero-order chi connectivity index (χ0) is 18.2. The summed E-state index contributed by atoms with van der Waals surface area (Å²) < 4.78 is 12.9. The molecule has 3 rings (SSSR count). The quantitative estimate of drug-likeness (QED) is 0.533. The van der Waals surface area contributed by atoms with Crippen molar-refractivity contribution in [3.05, 3.63) is 54.1 Å². The van der Waals surface area contributed by atoms with E-state index < -0.39 is 0 Å². The molecule has 0 amide bonds. The number of hydrogen-bond donors (Lipinski definition) is 1. The Morgan fingerprint density at radius 2 is 1.89 bits per heavy atom. The molecule has 1 aromatic heterocycles. The molecule has 0 fully saturated rings. The molecule has 0 aliphatic rings. The number of nitrogens with zero attached hydrogens (tertiary/aromatic N) is 4. The van der Waals surface area contributed by atoms with Crippen LogP contribution in [0.25, 0.3) is 5.69 Å². The van der Waals surface area contributed by atoms with Gasteiger partial charge in [0.1, 0.15) is 0 Å². The highest BCUT2D eigenvalue weighted by molar-refractivity contribution is 5.44. The Morgan fingerprint density at radius 3 is 2.63 bits per heavy atom. The van der Waals surface area contributed by atoms with Gasteiger partial charge in [-0.15, -0.1) is 0 Å². The fourth-order valence-corrected chi connectivity index (χ4v) is 2.51. The topological polar surface area (TPSA) is 74.1 Å². The van der Waals surface area contributed by atoms with Crippen LogP contribution < -0.4 is 27.2 Å². The second-order valence-corrected chi connectivity index (χ2v) is 5.83. The first kappa shape index (κ1) is 20.7. The molecule has 0 aliphatic heterocycles. The minimum Gasteiger partial charge on any atom is -1.00 e. The lowest BCUT2D eigenvalue weighted by atomic mass is 10.2. The lowest BCUT2D eigenvalue weighted by Crippen LogP contribution is -3.00. The summed E-state index contributed by atoms with van der Waals surface area (Å²) in [5, 5.41) is 15.1. The van der Waals surface area contributed by atoms with E-state index in [4.69, 9.17) is 9.47 Å². The Kier molecular flexibility index (Phi) is 8.03. The summed E-state index contributed by atoms with van der Waals surface area (Å²) in [6, 6.07) is 15.7. The van der Waals surface area contributed by atoms with Gasteiger partial charge in [0.2, 0.25) is 0 Å². The van der Waals surface area contributed by atoms with Crippen molar-refractivity contribution in [1.29, 1.82) is 0 Å². The van der Waals surface area contributed by atoms with Crippen LogP contribution in [0, 0.1) is 0 Å². The third-order valence-corrected chi connectivity index (χ3v) is 3.91. The average Bonchev–Trinajstić information content (AvgIpc) is 3.15. The zero-order valence-corrected chi connectivity index (χ0v) is 16.2. The second-order valence-electron chi connectivity index (χ2n) is 5.83. The Hall–Kier alpha value is -2.64.